The first kappa shape index (κ1) is 12.4. The van der Waals surface area contributed by atoms with Gasteiger partial charge in [-0.05, 0) is 43.6 Å². The first-order valence-corrected chi connectivity index (χ1v) is 7.11. The second kappa shape index (κ2) is 5.50. The van der Waals surface area contributed by atoms with Crippen LogP contribution in [-0.2, 0) is 0 Å². The average molecular weight is 224 g/mol. The van der Waals surface area contributed by atoms with E-state index in [9.17, 15) is 0 Å². The molecule has 2 rings (SSSR count). The summed E-state index contributed by atoms with van der Waals surface area (Å²) in [5, 5.41) is 3.54. The van der Waals surface area contributed by atoms with E-state index in [1.165, 1.54) is 45.4 Å². The van der Waals surface area contributed by atoms with Crippen LogP contribution in [0.5, 0.6) is 0 Å². The molecule has 94 valence electrons. The summed E-state index contributed by atoms with van der Waals surface area (Å²) in [4.78, 5) is 2.76. The first-order chi connectivity index (χ1) is 7.66. The molecule has 16 heavy (non-hydrogen) atoms. The summed E-state index contributed by atoms with van der Waals surface area (Å²) in [7, 11) is 0. The molecule has 2 aliphatic rings. The molecule has 1 N–H and O–H groups in total. The smallest absolute Gasteiger partial charge is 0.0110 e. The highest BCUT2D eigenvalue weighted by Crippen LogP contribution is 2.32. The Morgan fingerprint density at radius 1 is 1.06 bits per heavy atom. The van der Waals surface area contributed by atoms with Gasteiger partial charge in [0.25, 0.3) is 0 Å². The van der Waals surface area contributed by atoms with Crippen molar-refractivity contribution >= 4 is 0 Å². The molecular weight excluding hydrogens is 196 g/mol. The molecule has 2 fully saturated rings. The summed E-state index contributed by atoms with van der Waals surface area (Å²) in [5.74, 6) is 2.68. The molecule has 4 atom stereocenters. The Bertz CT molecular complexity index is 217. The maximum Gasteiger partial charge on any atom is 0.0110 e. The van der Waals surface area contributed by atoms with E-state index < -0.39 is 0 Å². The van der Waals surface area contributed by atoms with Crippen molar-refractivity contribution in [2.24, 2.45) is 17.8 Å². The molecule has 0 spiro atoms. The van der Waals surface area contributed by atoms with Gasteiger partial charge in [0.15, 0.2) is 0 Å². The van der Waals surface area contributed by atoms with E-state index in [1.807, 2.05) is 0 Å². The largest absolute Gasteiger partial charge is 0.315 e. The summed E-state index contributed by atoms with van der Waals surface area (Å²) in [6.45, 7) is 12.2. The third-order valence-electron chi connectivity index (χ3n) is 4.70. The SMILES string of the molecule is CC1CNCCN(C2CCC(C)C(C)C2)C1. The van der Waals surface area contributed by atoms with Crippen LogP contribution in [0.3, 0.4) is 0 Å². The van der Waals surface area contributed by atoms with Crippen LogP contribution in [0.1, 0.15) is 40.0 Å². The number of nitrogens with zero attached hydrogens (tertiary/aromatic N) is 1. The molecule has 2 heteroatoms. The summed E-state index contributed by atoms with van der Waals surface area (Å²) in [5.41, 5.74) is 0. The third kappa shape index (κ3) is 2.98. The molecule has 0 amide bonds. The van der Waals surface area contributed by atoms with Crippen molar-refractivity contribution < 1.29 is 0 Å². The molecular formula is C14H28N2. The molecule has 1 aliphatic heterocycles. The summed E-state index contributed by atoms with van der Waals surface area (Å²) in [6.07, 6.45) is 4.29. The zero-order valence-corrected chi connectivity index (χ0v) is 11.2. The van der Waals surface area contributed by atoms with E-state index >= 15 is 0 Å². The Hall–Kier alpha value is -0.0800. The second-order valence-electron chi connectivity index (χ2n) is 6.23. The fraction of sp³-hybridized carbons (Fsp3) is 1.00. The minimum Gasteiger partial charge on any atom is -0.315 e. The molecule has 0 aromatic carbocycles. The Labute approximate surface area is 101 Å². The van der Waals surface area contributed by atoms with E-state index in [0.29, 0.717) is 0 Å². The van der Waals surface area contributed by atoms with Gasteiger partial charge in [-0.1, -0.05) is 20.8 Å². The van der Waals surface area contributed by atoms with Crippen molar-refractivity contribution in [3.05, 3.63) is 0 Å². The van der Waals surface area contributed by atoms with E-state index in [0.717, 1.165) is 23.8 Å². The highest BCUT2D eigenvalue weighted by atomic mass is 15.2. The van der Waals surface area contributed by atoms with E-state index in [4.69, 9.17) is 0 Å². The number of hydrogen-bond acceptors (Lipinski definition) is 2. The summed E-state index contributed by atoms with van der Waals surface area (Å²) >= 11 is 0. The van der Waals surface area contributed by atoms with Crippen LogP contribution in [0.25, 0.3) is 0 Å². The lowest BCUT2D eigenvalue weighted by molar-refractivity contribution is 0.106. The minimum atomic E-state index is 0.817. The Morgan fingerprint density at radius 2 is 1.88 bits per heavy atom. The van der Waals surface area contributed by atoms with Gasteiger partial charge in [0.1, 0.15) is 0 Å². The highest BCUT2D eigenvalue weighted by Gasteiger charge is 2.29. The third-order valence-corrected chi connectivity index (χ3v) is 4.70. The fourth-order valence-electron chi connectivity index (χ4n) is 3.31. The standard InChI is InChI=1S/C14H28N2/c1-11-9-15-6-7-16(10-11)14-5-4-12(2)13(3)8-14/h11-15H,4-10H2,1-3H3. The van der Waals surface area contributed by atoms with Crippen molar-refractivity contribution in [3.8, 4) is 0 Å². The van der Waals surface area contributed by atoms with Crippen molar-refractivity contribution in [1.29, 1.82) is 0 Å². The molecule has 1 aliphatic carbocycles. The van der Waals surface area contributed by atoms with Gasteiger partial charge in [0.2, 0.25) is 0 Å². The monoisotopic (exact) mass is 224 g/mol. The molecule has 0 bridgehead atoms. The van der Waals surface area contributed by atoms with Crippen LogP contribution in [0.15, 0.2) is 0 Å². The lowest BCUT2D eigenvalue weighted by atomic mass is 9.78. The van der Waals surface area contributed by atoms with Gasteiger partial charge in [-0.2, -0.15) is 0 Å². The van der Waals surface area contributed by atoms with Crippen LogP contribution in [0.4, 0.5) is 0 Å². The Morgan fingerprint density at radius 3 is 2.62 bits per heavy atom. The minimum absolute atomic E-state index is 0.817. The van der Waals surface area contributed by atoms with Crippen LogP contribution in [0, 0.1) is 17.8 Å². The van der Waals surface area contributed by atoms with Gasteiger partial charge in [-0.25, -0.2) is 0 Å². The van der Waals surface area contributed by atoms with E-state index in [-0.39, 0.29) is 0 Å². The Balaban J connectivity index is 1.90. The summed E-state index contributed by atoms with van der Waals surface area (Å²) < 4.78 is 0. The zero-order valence-electron chi connectivity index (χ0n) is 11.2. The maximum absolute atomic E-state index is 3.54. The topological polar surface area (TPSA) is 15.3 Å². The lowest BCUT2D eigenvalue weighted by Crippen LogP contribution is -2.43. The molecule has 1 saturated carbocycles. The molecule has 0 aromatic rings. The van der Waals surface area contributed by atoms with Crippen LogP contribution in [0.2, 0.25) is 0 Å². The van der Waals surface area contributed by atoms with Crippen LogP contribution < -0.4 is 5.32 Å². The maximum atomic E-state index is 3.54. The zero-order chi connectivity index (χ0) is 11.5. The molecule has 0 radical (unpaired) electrons. The van der Waals surface area contributed by atoms with Crippen molar-refractivity contribution in [2.75, 3.05) is 26.2 Å². The normalized spacial score (nSPS) is 42.9. The number of rotatable bonds is 1. The molecule has 1 saturated heterocycles. The van der Waals surface area contributed by atoms with Gasteiger partial charge < -0.3 is 5.32 Å². The van der Waals surface area contributed by atoms with Gasteiger partial charge in [0.05, 0.1) is 0 Å². The number of hydrogen-bond donors (Lipinski definition) is 1. The van der Waals surface area contributed by atoms with Gasteiger partial charge in [-0.15, -0.1) is 0 Å². The average Bonchev–Trinajstić information content (AvgIpc) is 2.47. The molecule has 2 nitrogen and oxygen atoms in total. The highest BCUT2D eigenvalue weighted by molar-refractivity contribution is 4.84. The van der Waals surface area contributed by atoms with Crippen LogP contribution in [-0.4, -0.2) is 37.1 Å². The van der Waals surface area contributed by atoms with E-state index in [2.05, 4.69) is 31.0 Å². The lowest BCUT2D eigenvalue weighted by Gasteiger charge is -2.39. The van der Waals surface area contributed by atoms with Gasteiger partial charge in [-0.3, -0.25) is 4.90 Å². The Kier molecular flexibility index (Phi) is 4.26. The predicted octanol–water partition coefficient (Wildman–Crippen LogP) is 2.35. The predicted molar refractivity (Wildman–Crippen MR) is 69.6 cm³/mol. The van der Waals surface area contributed by atoms with Gasteiger partial charge >= 0.3 is 0 Å². The summed E-state index contributed by atoms with van der Waals surface area (Å²) in [6, 6.07) is 0.869. The molecule has 4 unspecified atom stereocenters. The number of nitrogens with one attached hydrogen (secondary N) is 1. The first-order valence-electron chi connectivity index (χ1n) is 7.11. The fourth-order valence-corrected chi connectivity index (χ4v) is 3.31. The molecule has 0 aromatic heterocycles. The van der Waals surface area contributed by atoms with Crippen LogP contribution >= 0.6 is 0 Å². The van der Waals surface area contributed by atoms with Crippen molar-refractivity contribution in [3.63, 3.8) is 0 Å². The molecule has 1 heterocycles. The van der Waals surface area contributed by atoms with Gasteiger partial charge in [0, 0.05) is 25.7 Å². The van der Waals surface area contributed by atoms with Crippen molar-refractivity contribution in [1.82, 2.24) is 10.2 Å². The van der Waals surface area contributed by atoms with Crippen molar-refractivity contribution in [2.45, 2.75) is 46.1 Å². The quantitative estimate of drug-likeness (QED) is 0.735. The van der Waals surface area contributed by atoms with E-state index in [1.54, 1.807) is 0 Å². The second-order valence-corrected chi connectivity index (χ2v) is 6.23.